The van der Waals surface area contributed by atoms with Crippen molar-refractivity contribution >= 4 is 29.4 Å². The number of fused-ring (bicyclic) bond motifs is 5. The summed E-state index contributed by atoms with van der Waals surface area (Å²) in [6.07, 6.45) is 2.90. The number of nitrogens with one attached hydrogen (secondary N) is 1. The molecule has 7 nitrogen and oxygen atoms in total. The Morgan fingerprint density at radius 2 is 1.63 bits per heavy atom. The van der Waals surface area contributed by atoms with Crippen LogP contribution in [0, 0.1) is 36.5 Å². The summed E-state index contributed by atoms with van der Waals surface area (Å²) < 4.78 is 5.23. The second-order valence-electron chi connectivity index (χ2n) is 9.14. The van der Waals surface area contributed by atoms with E-state index in [2.05, 4.69) is 5.32 Å². The van der Waals surface area contributed by atoms with Crippen LogP contribution in [0.5, 0.6) is 0 Å². The maximum absolute atomic E-state index is 13.1. The van der Waals surface area contributed by atoms with E-state index in [1.54, 1.807) is 26.0 Å². The fourth-order valence-electron chi connectivity index (χ4n) is 5.44. The summed E-state index contributed by atoms with van der Waals surface area (Å²) in [6.45, 7) is 5.04. The zero-order valence-corrected chi connectivity index (χ0v) is 17.6. The molecule has 4 rings (SSSR count). The molecule has 0 spiro atoms. The third-order valence-corrected chi connectivity index (χ3v) is 6.79. The Hall–Kier alpha value is -2.70. The van der Waals surface area contributed by atoms with Crippen LogP contribution in [0.3, 0.4) is 0 Å². The van der Waals surface area contributed by atoms with Crippen molar-refractivity contribution in [1.82, 2.24) is 4.90 Å². The van der Waals surface area contributed by atoms with Gasteiger partial charge in [0.15, 0.2) is 6.61 Å². The van der Waals surface area contributed by atoms with E-state index in [0.717, 1.165) is 29.7 Å². The van der Waals surface area contributed by atoms with Crippen LogP contribution < -0.4 is 5.32 Å². The van der Waals surface area contributed by atoms with Crippen molar-refractivity contribution in [2.75, 3.05) is 11.9 Å². The Balaban J connectivity index is 1.41. The molecule has 1 aromatic carbocycles. The zero-order chi connectivity index (χ0) is 21.6. The number of nitrogens with zero attached hydrogens (tertiary/aromatic N) is 1. The molecule has 0 radical (unpaired) electrons. The van der Waals surface area contributed by atoms with E-state index in [0.29, 0.717) is 5.69 Å². The highest BCUT2D eigenvalue weighted by molar-refractivity contribution is 6.08. The van der Waals surface area contributed by atoms with Crippen molar-refractivity contribution < 1.29 is 23.9 Å². The van der Waals surface area contributed by atoms with Gasteiger partial charge in [0.2, 0.25) is 11.8 Å². The average molecular weight is 412 g/mol. The molecule has 7 heteroatoms. The van der Waals surface area contributed by atoms with Crippen LogP contribution in [-0.4, -0.2) is 41.2 Å². The quantitative estimate of drug-likeness (QED) is 0.573. The summed E-state index contributed by atoms with van der Waals surface area (Å²) in [7, 11) is 0. The number of imide groups is 1. The second kappa shape index (κ2) is 7.85. The number of hydrogen-bond donors (Lipinski definition) is 1. The predicted molar refractivity (Wildman–Crippen MR) is 109 cm³/mol. The van der Waals surface area contributed by atoms with E-state index in [9.17, 15) is 19.2 Å². The topological polar surface area (TPSA) is 92.8 Å². The number of amides is 3. The molecule has 5 atom stereocenters. The lowest BCUT2D eigenvalue weighted by molar-refractivity contribution is -0.162. The molecule has 0 aromatic heterocycles. The van der Waals surface area contributed by atoms with Gasteiger partial charge in [0.25, 0.3) is 5.91 Å². The van der Waals surface area contributed by atoms with Gasteiger partial charge >= 0.3 is 5.97 Å². The van der Waals surface area contributed by atoms with Gasteiger partial charge < -0.3 is 10.1 Å². The smallest absolute Gasteiger partial charge is 0.330 e. The molecule has 30 heavy (non-hydrogen) atoms. The lowest BCUT2D eigenvalue weighted by Gasteiger charge is -2.28. The van der Waals surface area contributed by atoms with Crippen molar-refractivity contribution in [3.63, 3.8) is 0 Å². The first-order chi connectivity index (χ1) is 14.3. The number of carbonyl (C=O) groups is 4. The standard InChI is InChI=1S/C23H28N2O5/c1-12(2)20(23(29)30-11-17(26)24-16-8-4-13(3)5-9-16)25-21(27)18-14-6-7-15(10-14)19(18)22(25)28/h4-5,8-9,12,14-15,18-20H,6-7,10-11H2,1-3H3,(H,24,26)/t14-,15-,18+,19+,20-/m0/s1. The molecule has 2 bridgehead atoms. The van der Waals surface area contributed by atoms with E-state index in [1.807, 2.05) is 19.1 Å². The number of aryl methyl sites for hydroxylation is 1. The number of rotatable bonds is 6. The molecule has 2 saturated carbocycles. The van der Waals surface area contributed by atoms with Gasteiger partial charge in [-0.2, -0.15) is 0 Å². The molecule has 160 valence electrons. The molecule has 3 fully saturated rings. The number of likely N-dealkylation sites (tertiary alicyclic amines) is 1. The molecule has 3 amide bonds. The Morgan fingerprint density at radius 3 is 2.17 bits per heavy atom. The van der Waals surface area contributed by atoms with Crippen molar-refractivity contribution in [3.05, 3.63) is 29.8 Å². The fourth-order valence-corrected chi connectivity index (χ4v) is 5.44. The predicted octanol–water partition coefficient (Wildman–Crippen LogP) is 2.53. The van der Waals surface area contributed by atoms with Crippen LogP contribution in [-0.2, 0) is 23.9 Å². The second-order valence-corrected chi connectivity index (χ2v) is 9.14. The summed E-state index contributed by atoms with van der Waals surface area (Å²) in [5.74, 6) is -2.01. The zero-order valence-electron chi connectivity index (χ0n) is 17.6. The van der Waals surface area contributed by atoms with Crippen LogP contribution in [0.15, 0.2) is 24.3 Å². The maximum atomic E-state index is 13.1. The van der Waals surface area contributed by atoms with Gasteiger partial charge in [-0.05, 0) is 56.1 Å². The number of esters is 1. The first-order valence-corrected chi connectivity index (χ1v) is 10.7. The largest absolute Gasteiger partial charge is 0.454 e. The molecule has 2 aliphatic carbocycles. The van der Waals surface area contributed by atoms with Gasteiger partial charge in [-0.3, -0.25) is 19.3 Å². The van der Waals surface area contributed by atoms with Crippen molar-refractivity contribution in [3.8, 4) is 0 Å². The highest BCUT2D eigenvalue weighted by Crippen LogP contribution is 2.56. The Labute approximate surface area is 176 Å². The normalized spacial score (nSPS) is 28.1. The van der Waals surface area contributed by atoms with Crippen LogP contribution in [0.4, 0.5) is 5.69 Å². The molecule has 0 unspecified atom stereocenters. The van der Waals surface area contributed by atoms with Crippen LogP contribution in [0.1, 0.15) is 38.7 Å². The molecule has 1 aromatic rings. The molecule has 1 aliphatic heterocycles. The first kappa shape index (κ1) is 20.6. The molecule has 1 saturated heterocycles. The van der Waals surface area contributed by atoms with Gasteiger partial charge in [0, 0.05) is 5.69 Å². The maximum Gasteiger partial charge on any atom is 0.330 e. The van der Waals surface area contributed by atoms with E-state index in [-0.39, 0.29) is 41.4 Å². The Kier molecular flexibility index (Phi) is 5.38. The van der Waals surface area contributed by atoms with Crippen LogP contribution in [0.2, 0.25) is 0 Å². The van der Waals surface area contributed by atoms with E-state index in [4.69, 9.17) is 4.74 Å². The van der Waals surface area contributed by atoms with Crippen LogP contribution >= 0.6 is 0 Å². The minimum absolute atomic E-state index is 0.239. The SMILES string of the molecule is Cc1ccc(NC(=O)COC(=O)[C@H](C(C)C)N2C(=O)[C@@H]3[C@H]4CC[C@@H](C4)[C@H]3C2=O)cc1. The highest BCUT2D eigenvalue weighted by atomic mass is 16.5. The number of ether oxygens (including phenoxy) is 1. The monoisotopic (exact) mass is 412 g/mol. The van der Waals surface area contributed by atoms with Gasteiger partial charge in [0.05, 0.1) is 11.8 Å². The van der Waals surface area contributed by atoms with Gasteiger partial charge in [-0.15, -0.1) is 0 Å². The van der Waals surface area contributed by atoms with Gasteiger partial charge in [-0.25, -0.2) is 4.79 Å². The minimum atomic E-state index is -0.998. The van der Waals surface area contributed by atoms with Gasteiger partial charge in [-0.1, -0.05) is 31.5 Å². The fraction of sp³-hybridized carbons (Fsp3) is 0.565. The molecular weight excluding hydrogens is 384 g/mol. The molecule has 1 N–H and O–H groups in total. The lowest BCUT2D eigenvalue weighted by Crippen LogP contribution is -2.50. The summed E-state index contributed by atoms with van der Waals surface area (Å²) in [6, 6.07) is 6.26. The number of anilines is 1. The number of benzene rings is 1. The summed E-state index contributed by atoms with van der Waals surface area (Å²) in [5.41, 5.74) is 1.67. The molecular formula is C23H28N2O5. The first-order valence-electron chi connectivity index (χ1n) is 10.7. The summed E-state index contributed by atoms with van der Waals surface area (Å²) in [5, 5.41) is 2.67. The summed E-state index contributed by atoms with van der Waals surface area (Å²) >= 11 is 0. The van der Waals surface area contributed by atoms with Crippen LogP contribution in [0.25, 0.3) is 0 Å². The van der Waals surface area contributed by atoms with E-state index < -0.39 is 24.5 Å². The third-order valence-electron chi connectivity index (χ3n) is 6.79. The third kappa shape index (κ3) is 3.50. The van der Waals surface area contributed by atoms with Crippen molar-refractivity contribution in [2.24, 2.45) is 29.6 Å². The Morgan fingerprint density at radius 1 is 1.07 bits per heavy atom. The highest BCUT2D eigenvalue weighted by Gasteiger charge is 2.62. The molecule has 1 heterocycles. The van der Waals surface area contributed by atoms with E-state index in [1.165, 1.54) is 0 Å². The van der Waals surface area contributed by atoms with Crippen molar-refractivity contribution in [2.45, 2.75) is 46.1 Å². The number of carbonyl (C=O) groups excluding carboxylic acids is 4. The minimum Gasteiger partial charge on any atom is -0.454 e. The van der Waals surface area contributed by atoms with E-state index >= 15 is 0 Å². The molecule has 3 aliphatic rings. The average Bonchev–Trinajstić information content (AvgIpc) is 3.38. The van der Waals surface area contributed by atoms with Gasteiger partial charge in [0.1, 0.15) is 6.04 Å². The Bertz CT molecular complexity index is 850. The summed E-state index contributed by atoms with van der Waals surface area (Å²) in [4.78, 5) is 52.2. The number of hydrogen-bond acceptors (Lipinski definition) is 5. The van der Waals surface area contributed by atoms with Crippen molar-refractivity contribution in [1.29, 1.82) is 0 Å². The lowest BCUT2D eigenvalue weighted by atomic mass is 9.81.